The Morgan fingerprint density at radius 3 is 2.26 bits per heavy atom. The van der Waals surface area contributed by atoms with Crippen LogP contribution in [-0.4, -0.2) is 42.5 Å². The number of hydrogen-bond donors (Lipinski definition) is 0. The SMILES string of the molecule is CCOC(=O)c1ccc(B2OC(C)(C)C(C)(C)O2)nc1OCC. The van der Waals surface area contributed by atoms with Crippen LogP contribution in [-0.2, 0) is 14.0 Å². The topological polar surface area (TPSA) is 66.9 Å². The van der Waals surface area contributed by atoms with Crippen molar-refractivity contribution in [3.8, 4) is 5.88 Å². The fraction of sp³-hybridized carbons (Fsp3) is 0.625. The zero-order valence-electron chi connectivity index (χ0n) is 14.6. The van der Waals surface area contributed by atoms with Gasteiger partial charge in [-0.2, -0.15) is 0 Å². The molecule has 1 fully saturated rings. The van der Waals surface area contributed by atoms with E-state index in [2.05, 4.69) is 4.98 Å². The molecule has 0 amide bonds. The first-order valence-corrected chi connectivity index (χ1v) is 7.88. The number of carbonyl (C=O) groups is 1. The quantitative estimate of drug-likeness (QED) is 0.610. The van der Waals surface area contributed by atoms with Crippen LogP contribution in [0.15, 0.2) is 12.1 Å². The third-order valence-corrected chi connectivity index (χ3v) is 4.15. The van der Waals surface area contributed by atoms with E-state index in [9.17, 15) is 4.79 Å². The molecule has 0 radical (unpaired) electrons. The lowest BCUT2D eigenvalue weighted by atomic mass is 9.84. The van der Waals surface area contributed by atoms with Crippen LogP contribution in [0.25, 0.3) is 0 Å². The molecule has 1 aromatic rings. The first-order chi connectivity index (χ1) is 10.7. The van der Waals surface area contributed by atoms with Crippen molar-refractivity contribution in [2.45, 2.75) is 52.7 Å². The summed E-state index contributed by atoms with van der Waals surface area (Å²) in [5.41, 5.74) is -0.0373. The molecule has 1 aromatic heterocycles. The molecule has 0 aromatic carbocycles. The van der Waals surface area contributed by atoms with Crippen molar-refractivity contribution in [3.63, 3.8) is 0 Å². The molecule has 0 atom stereocenters. The van der Waals surface area contributed by atoms with E-state index in [0.29, 0.717) is 24.4 Å². The molecule has 0 spiro atoms. The first kappa shape index (κ1) is 17.8. The van der Waals surface area contributed by atoms with Crippen LogP contribution >= 0.6 is 0 Å². The number of esters is 1. The van der Waals surface area contributed by atoms with Gasteiger partial charge in [-0.3, -0.25) is 0 Å². The molecule has 0 bridgehead atoms. The van der Waals surface area contributed by atoms with E-state index in [4.69, 9.17) is 18.8 Å². The Morgan fingerprint density at radius 1 is 1.13 bits per heavy atom. The summed E-state index contributed by atoms with van der Waals surface area (Å²) in [4.78, 5) is 16.4. The standard InChI is InChI=1S/C16H24BNO5/c1-7-20-13-11(14(19)21-8-2)9-10-12(18-13)17-22-15(3,4)16(5,6)23-17/h9-10H,7-8H2,1-6H3. The van der Waals surface area contributed by atoms with Crippen LogP contribution in [0.1, 0.15) is 51.9 Å². The monoisotopic (exact) mass is 321 g/mol. The molecule has 7 heteroatoms. The van der Waals surface area contributed by atoms with E-state index in [0.717, 1.165) is 0 Å². The maximum absolute atomic E-state index is 12.0. The van der Waals surface area contributed by atoms with E-state index in [1.807, 2.05) is 34.6 Å². The molecule has 1 saturated heterocycles. The molecule has 0 saturated carbocycles. The molecule has 2 heterocycles. The van der Waals surface area contributed by atoms with Gasteiger partial charge in [-0.1, -0.05) is 0 Å². The largest absolute Gasteiger partial charge is 0.514 e. The summed E-state index contributed by atoms with van der Waals surface area (Å²) in [7, 11) is -0.601. The maximum Gasteiger partial charge on any atom is 0.514 e. The third kappa shape index (κ3) is 3.51. The molecular formula is C16H24BNO5. The van der Waals surface area contributed by atoms with Crippen LogP contribution in [0, 0.1) is 0 Å². The number of rotatable bonds is 5. The highest BCUT2D eigenvalue weighted by Gasteiger charge is 2.52. The third-order valence-electron chi connectivity index (χ3n) is 4.15. The molecule has 0 N–H and O–H groups in total. The molecule has 126 valence electrons. The van der Waals surface area contributed by atoms with Crippen molar-refractivity contribution in [1.82, 2.24) is 4.98 Å². The van der Waals surface area contributed by atoms with Gasteiger partial charge in [0.05, 0.1) is 30.0 Å². The van der Waals surface area contributed by atoms with Crippen molar-refractivity contribution in [1.29, 1.82) is 0 Å². The van der Waals surface area contributed by atoms with E-state index in [1.54, 1.807) is 19.1 Å². The number of ether oxygens (including phenoxy) is 2. The molecule has 1 aliphatic rings. The maximum atomic E-state index is 12.0. The molecule has 1 aliphatic heterocycles. The summed E-state index contributed by atoms with van der Waals surface area (Å²) in [5, 5.41) is 0. The van der Waals surface area contributed by atoms with Crippen LogP contribution < -0.4 is 10.3 Å². The minimum atomic E-state index is -0.601. The van der Waals surface area contributed by atoms with Gasteiger partial charge < -0.3 is 18.8 Å². The number of pyridine rings is 1. The summed E-state index contributed by atoms with van der Waals surface area (Å²) in [6.45, 7) is 12.2. The van der Waals surface area contributed by atoms with Gasteiger partial charge in [0.15, 0.2) is 0 Å². The normalized spacial score (nSPS) is 18.8. The highest BCUT2D eigenvalue weighted by atomic mass is 16.7. The zero-order chi connectivity index (χ0) is 17.3. The van der Waals surface area contributed by atoms with Gasteiger partial charge in [-0.15, -0.1) is 0 Å². The van der Waals surface area contributed by atoms with Crippen molar-refractivity contribution in [3.05, 3.63) is 17.7 Å². The number of carbonyl (C=O) groups excluding carboxylic acids is 1. The first-order valence-electron chi connectivity index (χ1n) is 7.88. The Labute approximate surface area is 137 Å². The Bertz CT molecular complexity index is 572. The Morgan fingerprint density at radius 2 is 1.74 bits per heavy atom. The molecular weight excluding hydrogens is 297 g/mol. The van der Waals surface area contributed by atoms with Gasteiger partial charge in [0.1, 0.15) is 5.56 Å². The summed E-state index contributed by atoms with van der Waals surface area (Å²) >= 11 is 0. The van der Waals surface area contributed by atoms with E-state index in [1.165, 1.54) is 0 Å². The van der Waals surface area contributed by atoms with Gasteiger partial charge in [0, 0.05) is 0 Å². The minimum absolute atomic E-state index is 0.234. The van der Waals surface area contributed by atoms with Crippen LogP contribution in [0.4, 0.5) is 0 Å². The summed E-state index contributed by atoms with van der Waals surface area (Å²) in [6, 6.07) is 3.34. The summed E-state index contributed by atoms with van der Waals surface area (Å²) in [5.74, 6) is -0.220. The predicted molar refractivity (Wildman–Crippen MR) is 87.1 cm³/mol. The lowest BCUT2D eigenvalue weighted by Gasteiger charge is -2.32. The van der Waals surface area contributed by atoms with Crippen LogP contribution in [0.5, 0.6) is 5.88 Å². The van der Waals surface area contributed by atoms with Crippen molar-refractivity contribution in [2.75, 3.05) is 13.2 Å². The second-order valence-electron chi connectivity index (χ2n) is 6.33. The number of hydrogen-bond acceptors (Lipinski definition) is 6. The molecule has 2 rings (SSSR count). The summed E-state index contributed by atoms with van der Waals surface area (Å²) < 4.78 is 22.5. The van der Waals surface area contributed by atoms with E-state index < -0.39 is 24.3 Å². The van der Waals surface area contributed by atoms with Gasteiger partial charge in [-0.25, -0.2) is 9.78 Å². The second kappa shape index (κ2) is 6.49. The average molecular weight is 321 g/mol. The Balaban J connectivity index is 2.32. The number of aromatic nitrogens is 1. The fourth-order valence-corrected chi connectivity index (χ4v) is 2.16. The van der Waals surface area contributed by atoms with Gasteiger partial charge in [0.2, 0.25) is 5.88 Å². The lowest BCUT2D eigenvalue weighted by molar-refractivity contribution is 0.00578. The van der Waals surface area contributed by atoms with Gasteiger partial charge >= 0.3 is 13.1 Å². The molecule has 23 heavy (non-hydrogen) atoms. The minimum Gasteiger partial charge on any atom is -0.477 e. The Kier molecular flexibility index (Phi) is 5.01. The van der Waals surface area contributed by atoms with Crippen molar-refractivity contribution >= 4 is 18.7 Å². The van der Waals surface area contributed by atoms with Crippen LogP contribution in [0.3, 0.4) is 0 Å². The van der Waals surface area contributed by atoms with Crippen molar-refractivity contribution < 1.29 is 23.6 Å². The smallest absolute Gasteiger partial charge is 0.477 e. The highest BCUT2D eigenvalue weighted by Crippen LogP contribution is 2.36. The molecule has 0 aliphatic carbocycles. The second-order valence-corrected chi connectivity index (χ2v) is 6.33. The zero-order valence-corrected chi connectivity index (χ0v) is 14.6. The van der Waals surface area contributed by atoms with Gasteiger partial charge in [-0.05, 0) is 53.7 Å². The predicted octanol–water partition coefficient (Wildman–Crippen LogP) is 1.96. The van der Waals surface area contributed by atoms with E-state index in [-0.39, 0.29) is 5.88 Å². The van der Waals surface area contributed by atoms with E-state index >= 15 is 0 Å². The summed E-state index contributed by atoms with van der Waals surface area (Å²) in [6.07, 6.45) is 0. The number of nitrogens with zero attached hydrogens (tertiary/aromatic N) is 1. The molecule has 0 unspecified atom stereocenters. The Hall–Kier alpha value is -1.60. The van der Waals surface area contributed by atoms with Crippen LogP contribution in [0.2, 0.25) is 0 Å². The molecule has 6 nitrogen and oxygen atoms in total. The van der Waals surface area contributed by atoms with Gasteiger partial charge in [0.25, 0.3) is 0 Å². The highest BCUT2D eigenvalue weighted by molar-refractivity contribution is 6.61. The van der Waals surface area contributed by atoms with Crippen molar-refractivity contribution in [2.24, 2.45) is 0 Å². The lowest BCUT2D eigenvalue weighted by Crippen LogP contribution is -2.41. The fourth-order valence-electron chi connectivity index (χ4n) is 2.16. The average Bonchev–Trinajstić information content (AvgIpc) is 2.68.